The molecule has 0 spiro atoms. The first kappa shape index (κ1) is 22.6. The molecule has 31 heavy (non-hydrogen) atoms. The number of alkyl halides is 3. The summed E-state index contributed by atoms with van der Waals surface area (Å²) >= 11 is 1.25. The van der Waals surface area contributed by atoms with E-state index in [1.165, 1.54) is 28.2 Å². The Bertz CT molecular complexity index is 1040. The summed E-state index contributed by atoms with van der Waals surface area (Å²) in [5, 5.41) is 10.7. The van der Waals surface area contributed by atoms with E-state index in [-0.39, 0.29) is 5.56 Å². The molecule has 0 atom stereocenters. The van der Waals surface area contributed by atoms with Crippen LogP contribution in [0.4, 0.5) is 28.9 Å². The zero-order chi connectivity index (χ0) is 22.8. The highest BCUT2D eigenvalue weighted by atomic mass is 32.1. The number of amides is 1. The average molecular weight is 457 g/mol. The number of halogens is 3. The quantitative estimate of drug-likeness (QED) is 0.482. The number of aromatic nitrogens is 4. The van der Waals surface area contributed by atoms with E-state index < -0.39 is 29.3 Å². The Labute approximate surface area is 179 Å². The summed E-state index contributed by atoms with van der Waals surface area (Å²) in [6.45, 7) is 6.35. The molecule has 1 amide bonds. The number of fused-ring (bicyclic) bond motifs is 1. The number of nitrogen functional groups attached to an aromatic ring is 1. The summed E-state index contributed by atoms with van der Waals surface area (Å²) in [5.41, 5.74) is 4.29. The van der Waals surface area contributed by atoms with Crippen LogP contribution in [0.2, 0.25) is 0 Å². The van der Waals surface area contributed by atoms with Crippen LogP contribution in [0.3, 0.4) is 0 Å². The first-order chi connectivity index (χ1) is 14.4. The average Bonchev–Trinajstić information content (AvgIpc) is 3.18. The number of alkyl carbamates (subject to hydrolysis) is 1. The van der Waals surface area contributed by atoms with E-state index in [0.29, 0.717) is 35.3 Å². The van der Waals surface area contributed by atoms with Crippen LogP contribution in [0.1, 0.15) is 32.8 Å². The summed E-state index contributed by atoms with van der Waals surface area (Å²) in [7, 11) is 0. The van der Waals surface area contributed by atoms with Gasteiger partial charge in [0.2, 0.25) is 10.1 Å². The van der Waals surface area contributed by atoms with Gasteiger partial charge in [-0.2, -0.15) is 13.2 Å². The predicted octanol–water partition coefficient (Wildman–Crippen LogP) is 3.78. The maximum Gasteiger partial charge on any atom is 0.419 e. The number of carbonyl (C=O) groups excluding carboxylic acids is 1. The standard InChI is InChI=1S/C18H22F3N7O2S/c1-17(2,3)30-16(29)24-6-4-5-23-14-27-28-9-12(26-15(28)31-14)10-7-11(18(19,20)21)13(22)25-8-10/h7-9H,4-6H2,1-3H3,(H2,22,25)(H,23,27)(H,24,29). The van der Waals surface area contributed by atoms with Crippen molar-refractivity contribution in [3.05, 3.63) is 24.0 Å². The van der Waals surface area contributed by atoms with E-state index in [0.717, 1.165) is 6.07 Å². The second-order valence-electron chi connectivity index (χ2n) is 7.62. The summed E-state index contributed by atoms with van der Waals surface area (Å²) in [6.07, 6.45) is -1.66. The summed E-state index contributed by atoms with van der Waals surface area (Å²) in [5.74, 6) is -0.581. The van der Waals surface area contributed by atoms with Gasteiger partial charge in [-0.05, 0) is 33.3 Å². The molecule has 13 heteroatoms. The zero-order valence-corrected chi connectivity index (χ0v) is 17.9. The van der Waals surface area contributed by atoms with Gasteiger partial charge >= 0.3 is 12.3 Å². The van der Waals surface area contributed by atoms with E-state index in [9.17, 15) is 18.0 Å². The van der Waals surface area contributed by atoms with Crippen LogP contribution in [0.25, 0.3) is 16.2 Å². The van der Waals surface area contributed by atoms with Crippen LogP contribution in [-0.2, 0) is 10.9 Å². The van der Waals surface area contributed by atoms with Crippen molar-refractivity contribution in [1.82, 2.24) is 24.9 Å². The summed E-state index contributed by atoms with van der Waals surface area (Å²) < 4.78 is 45.7. The third kappa shape index (κ3) is 5.96. The van der Waals surface area contributed by atoms with E-state index in [1.54, 1.807) is 20.8 Å². The molecule has 0 aromatic carbocycles. The Morgan fingerprint density at radius 2 is 2.03 bits per heavy atom. The molecule has 168 valence electrons. The molecule has 9 nitrogen and oxygen atoms in total. The SMILES string of the molecule is CC(C)(C)OC(=O)NCCCNc1nn2cc(-c3cnc(N)c(C(F)(F)F)c3)nc2s1. The number of ether oxygens (including phenoxy) is 1. The molecular weight excluding hydrogens is 435 g/mol. The van der Waals surface area contributed by atoms with Gasteiger partial charge in [0.1, 0.15) is 11.4 Å². The van der Waals surface area contributed by atoms with E-state index in [1.807, 2.05) is 0 Å². The third-order valence-corrected chi connectivity index (χ3v) is 4.74. The summed E-state index contributed by atoms with van der Waals surface area (Å²) in [6, 6.07) is 0.922. The highest BCUT2D eigenvalue weighted by Crippen LogP contribution is 2.35. The fourth-order valence-corrected chi connectivity index (χ4v) is 3.35. The number of hydrogen-bond donors (Lipinski definition) is 3. The van der Waals surface area contributed by atoms with Gasteiger partial charge in [-0.3, -0.25) is 0 Å². The number of rotatable bonds is 6. The number of anilines is 2. The molecule has 0 fully saturated rings. The minimum atomic E-state index is -4.60. The molecule has 0 radical (unpaired) electrons. The maximum absolute atomic E-state index is 13.0. The van der Waals surface area contributed by atoms with Crippen molar-refractivity contribution in [3.63, 3.8) is 0 Å². The van der Waals surface area contributed by atoms with Crippen LogP contribution in [0.5, 0.6) is 0 Å². The maximum atomic E-state index is 13.0. The molecule has 0 saturated heterocycles. The molecule has 0 aliphatic heterocycles. The van der Waals surface area contributed by atoms with Gasteiger partial charge in [0.05, 0.1) is 17.5 Å². The Morgan fingerprint density at radius 1 is 1.29 bits per heavy atom. The van der Waals surface area contributed by atoms with Crippen molar-refractivity contribution in [2.45, 2.75) is 39.0 Å². The van der Waals surface area contributed by atoms with Gasteiger partial charge in [-0.15, -0.1) is 5.10 Å². The van der Waals surface area contributed by atoms with Gasteiger partial charge < -0.3 is 21.1 Å². The Hall–Kier alpha value is -3.09. The molecule has 3 heterocycles. The summed E-state index contributed by atoms with van der Waals surface area (Å²) in [4.78, 5) is 20.0. The van der Waals surface area contributed by atoms with Gasteiger partial charge in [0.25, 0.3) is 0 Å². The monoisotopic (exact) mass is 457 g/mol. The minimum absolute atomic E-state index is 0.196. The number of nitrogens with one attached hydrogen (secondary N) is 2. The Balaban J connectivity index is 1.56. The van der Waals surface area contributed by atoms with E-state index >= 15 is 0 Å². The third-order valence-electron chi connectivity index (χ3n) is 3.86. The number of pyridine rings is 1. The molecule has 3 aromatic rings. The molecule has 4 N–H and O–H groups in total. The zero-order valence-electron chi connectivity index (χ0n) is 17.1. The van der Waals surface area contributed by atoms with Crippen LogP contribution >= 0.6 is 11.3 Å². The largest absolute Gasteiger partial charge is 0.444 e. The fraction of sp³-hybridized carbons (Fsp3) is 0.444. The van der Waals surface area contributed by atoms with Crippen molar-refractivity contribution in [1.29, 1.82) is 0 Å². The van der Waals surface area contributed by atoms with Gasteiger partial charge in [-0.1, -0.05) is 11.3 Å². The fourth-order valence-electron chi connectivity index (χ4n) is 2.54. The molecule has 3 aromatic heterocycles. The number of nitrogens with zero attached hydrogens (tertiary/aromatic N) is 4. The number of hydrogen-bond acceptors (Lipinski definition) is 8. The molecular formula is C18H22F3N7O2S. The van der Waals surface area contributed by atoms with Gasteiger partial charge in [0, 0.05) is 24.8 Å². The van der Waals surface area contributed by atoms with Crippen molar-refractivity contribution in [3.8, 4) is 11.3 Å². The lowest BCUT2D eigenvalue weighted by atomic mass is 10.1. The van der Waals surface area contributed by atoms with Crippen LogP contribution in [-0.4, -0.2) is 44.4 Å². The van der Waals surface area contributed by atoms with Crippen molar-refractivity contribution >= 4 is 33.3 Å². The topological polar surface area (TPSA) is 119 Å². The predicted molar refractivity (Wildman–Crippen MR) is 111 cm³/mol. The van der Waals surface area contributed by atoms with Crippen molar-refractivity contribution < 1.29 is 22.7 Å². The first-order valence-electron chi connectivity index (χ1n) is 9.32. The van der Waals surface area contributed by atoms with Crippen LogP contribution < -0.4 is 16.4 Å². The van der Waals surface area contributed by atoms with Gasteiger partial charge in [-0.25, -0.2) is 19.3 Å². The highest BCUT2D eigenvalue weighted by molar-refractivity contribution is 7.20. The molecule has 0 bridgehead atoms. The molecule has 3 rings (SSSR count). The second-order valence-corrected chi connectivity index (χ2v) is 8.58. The van der Waals surface area contributed by atoms with Gasteiger partial charge in [0.15, 0.2) is 0 Å². The lowest BCUT2D eigenvalue weighted by Gasteiger charge is -2.19. The first-order valence-corrected chi connectivity index (χ1v) is 10.1. The van der Waals surface area contributed by atoms with Crippen LogP contribution in [0, 0.1) is 0 Å². The highest BCUT2D eigenvalue weighted by Gasteiger charge is 2.34. The Morgan fingerprint density at radius 3 is 2.68 bits per heavy atom. The lowest BCUT2D eigenvalue weighted by Crippen LogP contribution is -2.33. The smallest absolute Gasteiger partial charge is 0.419 e. The molecule has 0 aliphatic rings. The van der Waals surface area contributed by atoms with E-state index in [4.69, 9.17) is 10.5 Å². The van der Waals surface area contributed by atoms with Crippen molar-refractivity contribution in [2.24, 2.45) is 0 Å². The number of imidazole rings is 1. The number of nitrogens with two attached hydrogens (primary N) is 1. The van der Waals surface area contributed by atoms with Crippen LogP contribution in [0.15, 0.2) is 18.5 Å². The lowest BCUT2D eigenvalue weighted by molar-refractivity contribution is -0.137. The number of carbonyl (C=O) groups is 1. The molecule has 0 aliphatic carbocycles. The normalized spacial score (nSPS) is 12.2. The Kier molecular flexibility index (Phi) is 6.25. The molecule has 0 unspecified atom stereocenters. The van der Waals surface area contributed by atoms with Crippen molar-refractivity contribution in [2.75, 3.05) is 24.1 Å². The second kappa shape index (κ2) is 8.57. The minimum Gasteiger partial charge on any atom is -0.444 e. The van der Waals surface area contributed by atoms with E-state index in [2.05, 4.69) is 25.7 Å². The molecule has 0 saturated carbocycles.